The van der Waals surface area contributed by atoms with Crippen molar-refractivity contribution < 1.29 is 4.92 Å². The monoisotopic (exact) mass is 332 g/mol. The molecule has 1 unspecified atom stereocenters. The fourth-order valence-corrected chi connectivity index (χ4v) is 2.90. The number of nitrogens with one attached hydrogen (secondary N) is 2. The molecule has 0 saturated heterocycles. The number of hydrogen-bond donors (Lipinski definition) is 2. The number of aliphatic imine (C=N–C) groups is 1. The maximum atomic E-state index is 10.8. The first kappa shape index (κ1) is 17.0. The Bertz CT molecular complexity index is 670. The molecule has 2 aromatic rings. The van der Waals surface area contributed by atoms with Gasteiger partial charge in [0.05, 0.1) is 4.92 Å². The van der Waals surface area contributed by atoms with E-state index in [4.69, 9.17) is 0 Å². The van der Waals surface area contributed by atoms with E-state index < -0.39 is 0 Å². The maximum Gasteiger partial charge on any atom is 0.269 e. The smallest absolute Gasteiger partial charge is 0.269 e. The molecule has 1 aromatic heterocycles. The second-order valence-electron chi connectivity index (χ2n) is 5.15. The second-order valence-corrected chi connectivity index (χ2v) is 6.13. The van der Waals surface area contributed by atoms with Crippen molar-refractivity contribution in [1.82, 2.24) is 10.6 Å². The lowest BCUT2D eigenvalue weighted by atomic mass is 10.1. The lowest BCUT2D eigenvalue weighted by Gasteiger charge is -2.15. The van der Waals surface area contributed by atoms with E-state index in [1.54, 1.807) is 30.5 Å². The van der Waals surface area contributed by atoms with Crippen LogP contribution in [-0.4, -0.2) is 24.5 Å². The van der Waals surface area contributed by atoms with Gasteiger partial charge < -0.3 is 10.6 Å². The van der Waals surface area contributed by atoms with Crippen LogP contribution in [0, 0.1) is 10.1 Å². The van der Waals surface area contributed by atoms with Crippen molar-refractivity contribution >= 4 is 23.0 Å². The number of guanidine groups is 1. The summed E-state index contributed by atoms with van der Waals surface area (Å²) in [5, 5.41) is 19.3. The molecule has 7 heteroatoms. The van der Waals surface area contributed by atoms with Crippen molar-refractivity contribution in [2.24, 2.45) is 4.99 Å². The van der Waals surface area contributed by atoms with Crippen LogP contribution in [0.2, 0.25) is 0 Å². The van der Waals surface area contributed by atoms with Crippen LogP contribution in [0.25, 0.3) is 0 Å². The number of nitro groups is 1. The Morgan fingerprint density at radius 2 is 2.17 bits per heavy atom. The minimum atomic E-state index is -0.390. The van der Waals surface area contributed by atoms with Crippen molar-refractivity contribution in [3.8, 4) is 0 Å². The first-order valence-corrected chi connectivity index (χ1v) is 8.19. The zero-order valence-electron chi connectivity index (χ0n) is 13.2. The van der Waals surface area contributed by atoms with Gasteiger partial charge in [-0.15, -0.1) is 11.3 Å². The predicted octanol–water partition coefficient (Wildman–Crippen LogP) is 3.13. The van der Waals surface area contributed by atoms with E-state index in [0.29, 0.717) is 18.4 Å². The van der Waals surface area contributed by atoms with Gasteiger partial charge >= 0.3 is 0 Å². The summed E-state index contributed by atoms with van der Waals surface area (Å²) in [6.07, 6.45) is 0. The Hall–Kier alpha value is -2.41. The number of nitrogens with zero attached hydrogens (tertiary/aromatic N) is 2. The Balaban J connectivity index is 1.85. The zero-order chi connectivity index (χ0) is 16.7. The molecule has 2 rings (SSSR count). The van der Waals surface area contributed by atoms with Crippen molar-refractivity contribution in [3.63, 3.8) is 0 Å². The SMILES string of the molecule is CN=C(NCc1cccc([N+](=O)[O-])c1)NCC(C)c1cccs1. The molecule has 6 nitrogen and oxygen atoms in total. The summed E-state index contributed by atoms with van der Waals surface area (Å²) >= 11 is 1.74. The van der Waals surface area contributed by atoms with E-state index in [1.165, 1.54) is 10.9 Å². The molecule has 0 fully saturated rings. The molecule has 1 atom stereocenters. The predicted molar refractivity (Wildman–Crippen MR) is 94.0 cm³/mol. The zero-order valence-corrected chi connectivity index (χ0v) is 14.0. The molecular formula is C16H20N4O2S. The van der Waals surface area contributed by atoms with Crippen molar-refractivity contribution in [2.45, 2.75) is 19.4 Å². The molecular weight excluding hydrogens is 312 g/mol. The van der Waals surface area contributed by atoms with Gasteiger partial charge in [0.25, 0.3) is 5.69 Å². The molecule has 23 heavy (non-hydrogen) atoms. The van der Waals surface area contributed by atoms with Crippen LogP contribution in [0.15, 0.2) is 46.8 Å². The number of thiophene rings is 1. The average molecular weight is 332 g/mol. The second kappa shape index (κ2) is 8.28. The Morgan fingerprint density at radius 3 is 2.83 bits per heavy atom. The molecule has 0 aliphatic carbocycles. The minimum Gasteiger partial charge on any atom is -0.356 e. The molecule has 2 N–H and O–H groups in total. The first-order valence-electron chi connectivity index (χ1n) is 7.31. The molecule has 0 amide bonds. The Labute approximate surface area is 139 Å². The van der Waals surface area contributed by atoms with E-state index in [9.17, 15) is 10.1 Å². The van der Waals surface area contributed by atoms with Crippen molar-refractivity contribution in [3.05, 3.63) is 62.3 Å². The van der Waals surface area contributed by atoms with Gasteiger partial charge in [0.15, 0.2) is 5.96 Å². The summed E-state index contributed by atoms with van der Waals surface area (Å²) in [5.74, 6) is 1.08. The van der Waals surface area contributed by atoms with Crippen LogP contribution < -0.4 is 10.6 Å². The molecule has 0 saturated carbocycles. The number of benzene rings is 1. The van der Waals surface area contributed by atoms with Crippen LogP contribution in [-0.2, 0) is 6.54 Å². The number of hydrogen-bond acceptors (Lipinski definition) is 4. The fraction of sp³-hybridized carbons (Fsp3) is 0.312. The number of rotatable bonds is 6. The quantitative estimate of drug-likeness (QED) is 0.369. The fourth-order valence-electron chi connectivity index (χ4n) is 2.11. The number of nitro benzene ring substituents is 1. The van der Waals surface area contributed by atoms with Crippen molar-refractivity contribution in [2.75, 3.05) is 13.6 Å². The van der Waals surface area contributed by atoms with E-state index in [2.05, 4.69) is 34.0 Å². The molecule has 0 bridgehead atoms. The summed E-state index contributed by atoms with van der Waals surface area (Å²) in [6.45, 7) is 3.41. The maximum absolute atomic E-state index is 10.8. The van der Waals surface area contributed by atoms with Gasteiger partial charge in [-0.3, -0.25) is 15.1 Å². The average Bonchev–Trinajstić information content (AvgIpc) is 3.09. The van der Waals surface area contributed by atoms with Crippen LogP contribution in [0.5, 0.6) is 0 Å². The summed E-state index contributed by atoms with van der Waals surface area (Å²) < 4.78 is 0. The summed E-state index contributed by atoms with van der Waals surface area (Å²) in [5.41, 5.74) is 0.937. The third-order valence-electron chi connectivity index (χ3n) is 3.41. The van der Waals surface area contributed by atoms with Gasteiger partial charge in [-0.05, 0) is 17.0 Å². The molecule has 0 radical (unpaired) electrons. The standard InChI is InChI=1S/C16H20N4O2S/c1-12(15-7-4-8-23-15)10-18-16(17-2)19-11-13-5-3-6-14(9-13)20(21)22/h3-9,12H,10-11H2,1-2H3,(H2,17,18,19). The van der Waals surface area contributed by atoms with Gasteiger partial charge in [0.2, 0.25) is 0 Å². The van der Waals surface area contributed by atoms with E-state index in [-0.39, 0.29) is 10.6 Å². The molecule has 1 aromatic carbocycles. The Kier molecular flexibility index (Phi) is 6.10. The largest absolute Gasteiger partial charge is 0.356 e. The molecule has 0 aliphatic rings. The third kappa shape index (κ3) is 5.07. The normalized spacial score (nSPS) is 12.7. The summed E-state index contributed by atoms with van der Waals surface area (Å²) in [4.78, 5) is 15.9. The van der Waals surface area contributed by atoms with Gasteiger partial charge in [-0.25, -0.2) is 0 Å². The lowest BCUT2D eigenvalue weighted by Crippen LogP contribution is -2.38. The first-order chi connectivity index (χ1) is 11.1. The topological polar surface area (TPSA) is 79.6 Å². The molecule has 122 valence electrons. The molecule has 0 spiro atoms. The lowest BCUT2D eigenvalue weighted by molar-refractivity contribution is -0.384. The van der Waals surface area contributed by atoms with Gasteiger partial charge in [-0.1, -0.05) is 25.1 Å². The Morgan fingerprint density at radius 1 is 1.35 bits per heavy atom. The van der Waals surface area contributed by atoms with Crippen LogP contribution in [0.4, 0.5) is 5.69 Å². The highest BCUT2D eigenvalue weighted by Crippen LogP contribution is 2.19. The minimum absolute atomic E-state index is 0.0959. The van der Waals surface area contributed by atoms with Crippen molar-refractivity contribution in [1.29, 1.82) is 0 Å². The van der Waals surface area contributed by atoms with Crippen LogP contribution >= 0.6 is 11.3 Å². The third-order valence-corrected chi connectivity index (χ3v) is 4.51. The highest BCUT2D eigenvalue weighted by Gasteiger charge is 2.08. The summed E-state index contributed by atoms with van der Waals surface area (Å²) in [6, 6.07) is 10.8. The highest BCUT2D eigenvalue weighted by molar-refractivity contribution is 7.10. The van der Waals surface area contributed by atoms with E-state index >= 15 is 0 Å². The molecule has 1 heterocycles. The highest BCUT2D eigenvalue weighted by atomic mass is 32.1. The van der Waals surface area contributed by atoms with Gasteiger partial charge in [0, 0.05) is 43.1 Å². The number of non-ortho nitro benzene ring substituents is 1. The molecule has 0 aliphatic heterocycles. The van der Waals surface area contributed by atoms with Gasteiger partial charge in [0.1, 0.15) is 0 Å². The van der Waals surface area contributed by atoms with Gasteiger partial charge in [-0.2, -0.15) is 0 Å². The van der Waals surface area contributed by atoms with Crippen LogP contribution in [0.3, 0.4) is 0 Å². The van der Waals surface area contributed by atoms with Crippen LogP contribution in [0.1, 0.15) is 23.3 Å². The van der Waals surface area contributed by atoms with E-state index in [0.717, 1.165) is 12.1 Å². The summed E-state index contributed by atoms with van der Waals surface area (Å²) in [7, 11) is 1.71. The van der Waals surface area contributed by atoms with E-state index in [1.807, 2.05) is 12.1 Å².